The average molecular weight is 317 g/mol. The molecular weight excluding hydrogens is 294 g/mol. The number of hydrogen-bond acceptors (Lipinski definition) is 4. The second-order valence-corrected chi connectivity index (χ2v) is 5.92. The van der Waals surface area contributed by atoms with Crippen molar-refractivity contribution in [1.82, 2.24) is 10.3 Å². The Hall–Kier alpha value is -2.34. The summed E-state index contributed by atoms with van der Waals surface area (Å²) in [7, 11) is 1.30. The third-order valence-corrected chi connectivity index (χ3v) is 3.87. The quantitative estimate of drug-likeness (QED) is 0.701. The topological polar surface area (TPSA) is 97.2 Å². The highest BCUT2D eigenvalue weighted by atomic mass is 16.5. The van der Waals surface area contributed by atoms with Gasteiger partial charge in [0.2, 0.25) is 5.91 Å². The Labute approximate surface area is 135 Å². The second-order valence-electron chi connectivity index (χ2n) is 5.92. The molecule has 4 N–H and O–H groups in total. The summed E-state index contributed by atoms with van der Waals surface area (Å²) in [6, 6.07) is 6.41. The van der Waals surface area contributed by atoms with E-state index in [9.17, 15) is 9.59 Å². The molecule has 6 nitrogen and oxygen atoms in total. The number of rotatable bonds is 6. The van der Waals surface area contributed by atoms with Crippen LogP contribution in [0.4, 0.5) is 0 Å². The first-order chi connectivity index (χ1) is 10.9. The normalized spacial score (nSPS) is 13.8. The van der Waals surface area contributed by atoms with Gasteiger partial charge in [-0.2, -0.15) is 0 Å². The van der Waals surface area contributed by atoms with Crippen LogP contribution in [0.25, 0.3) is 10.9 Å². The fraction of sp³-hybridized carbons (Fsp3) is 0.412. The van der Waals surface area contributed by atoms with Crippen molar-refractivity contribution >= 4 is 22.8 Å². The molecule has 0 saturated carbocycles. The number of carbonyl (C=O) groups is 2. The Morgan fingerprint density at radius 1 is 1.30 bits per heavy atom. The van der Waals surface area contributed by atoms with Crippen LogP contribution in [0.1, 0.15) is 19.4 Å². The van der Waals surface area contributed by atoms with E-state index in [0.29, 0.717) is 6.42 Å². The molecule has 0 aliphatic heterocycles. The predicted octanol–water partition coefficient (Wildman–Crippen LogP) is 1.35. The summed E-state index contributed by atoms with van der Waals surface area (Å²) in [5.74, 6) is -0.904. The summed E-state index contributed by atoms with van der Waals surface area (Å²) in [4.78, 5) is 27.2. The molecule has 23 heavy (non-hydrogen) atoms. The SMILES string of the molecule is COC(=O)[C@@H](NC(=O)[C@H](N)Cc1c[nH]c2ccccc12)C(C)C. The lowest BCUT2D eigenvalue weighted by Crippen LogP contribution is -2.51. The van der Waals surface area contributed by atoms with Crippen molar-refractivity contribution in [3.8, 4) is 0 Å². The molecule has 124 valence electrons. The Balaban J connectivity index is 2.06. The maximum Gasteiger partial charge on any atom is 0.328 e. The molecule has 0 aliphatic rings. The van der Waals surface area contributed by atoms with Gasteiger partial charge in [0.15, 0.2) is 0 Å². The van der Waals surface area contributed by atoms with Crippen molar-refractivity contribution in [3.05, 3.63) is 36.0 Å². The molecule has 1 aromatic heterocycles. The zero-order valence-electron chi connectivity index (χ0n) is 13.6. The van der Waals surface area contributed by atoms with E-state index >= 15 is 0 Å². The fourth-order valence-corrected chi connectivity index (χ4v) is 2.52. The standard InChI is InChI=1S/C17H23N3O3/c1-10(2)15(17(22)23-3)20-16(21)13(18)8-11-9-19-14-7-5-4-6-12(11)14/h4-7,9-10,13,15,19H,8,18H2,1-3H3,(H,20,21)/t13-,15+/m1/s1. The molecular formula is C17H23N3O3. The number of nitrogens with two attached hydrogens (primary N) is 1. The number of nitrogens with one attached hydrogen (secondary N) is 2. The molecule has 6 heteroatoms. The Morgan fingerprint density at radius 3 is 2.65 bits per heavy atom. The number of aromatic amines is 1. The lowest BCUT2D eigenvalue weighted by Gasteiger charge is -2.21. The smallest absolute Gasteiger partial charge is 0.328 e. The van der Waals surface area contributed by atoms with Gasteiger partial charge in [-0.25, -0.2) is 4.79 Å². The van der Waals surface area contributed by atoms with Crippen LogP contribution < -0.4 is 11.1 Å². The van der Waals surface area contributed by atoms with Crippen molar-refractivity contribution in [2.75, 3.05) is 7.11 Å². The van der Waals surface area contributed by atoms with Crippen molar-refractivity contribution in [3.63, 3.8) is 0 Å². The third-order valence-electron chi connectivity index (χ3n) is 3.87. The summed E-state index contributed by atoms with van der Waals surface area (Å²) < 4.78 is 4.72. The largest absolute Gasteiger partial charge is 0.467 e. The zero-order valence-corrected chi connectivity index (χ0v) is 13.6. The van der Waals surface area contributed by atoms with Gasteiger partial charge in [-0.3, -0.25) is 4.79 Å². The highest BCUT2D eigenvalue weighted by molar-refractivity contribution is 5.89. The van der Waals surface area contributed by atoms with Crippen molar-refractivity contribution in [1.29, 1.82) is 0 Å². The van der Waals surface area contributed by atoms with E-state index in [-0.39, 0.29) is 11.8 Å². The summed E-state index contributed by atoms with van der Waals surface area (Å²) in [5.41, 5.74) is 7.99. The van der Waals surface area contributed by atoms with Crippen molar-refractivity contribution in [2.24, 2.45) is 11.7 Å². The molecule has 0 radical (unpaired) electrons. The molecule has 0 spiro atoms. The van der Waals surface area contributed by atoms with E-state index in [1.165, 1.54) is 7.11 Å². The number of aromatic nitrogens is 1. The summed E-state index contributed by atoms with van der Waals surface area (Å²) in [6.07, 6.45) is 2.25. The number of para-hydroxylation sites is 1. The molecule has 0 bridgehead atoms. The number of hydrogen-bond donors (Lipinski definition) is 3. The van der Waals surface area contributed by atoms with E-state index in [2.05, 4.69) is 10.3 Å². The lowest BCUT2D eigenvalue weighted by molar-refractivity contribution is -0.146. The van der Waals surface area contributed by atoms with Gasteiger partial charge >= 0.3 is 5.97 Å². The number of H-pyrrole nitrogens is 1. The minimum absolute atomic E-state index is 0.0771. The molecule has 2 aromatic rings. The minimum Gasteiger partial charge on any atom is -0.467 e. The Bertz CT molecular complexity index is 693. The highest BCUT2D eigenvalue weighted by Gasteiger charge is 2.27. The number of methoxy groups -OCH3 is 1. The molecule has 1 aromatic carbocycles. The van der Waals surface area contributed by atoms with Crippen LogP contribution in [-0.2, 0) is 20.7 Å². The zero-order chi connectivity index (χ0) is 17.0. The van der Waals surface area contributed by atoms with Crippen LogP contribution in [0.2, 0.25) is 0 Å². The van der Waals surface area contributed by atoms with E-state index in [1.54, 1.807) is 0 Å². The molecule has 2 rings (SSSR count). The van der Waals surface area contributed by atoms with Gasteiger partial charge in [-0.15, -0.1) is 0 Å². The van der Waals surface area contributed by atoms with Crippen LogP contribution in [0.3, 0.4) is 0 Å². The van der Waals surface area contributed by atoms with Gasteiger partial charge in [-0.05, 0) is 24.0 Å². The first-order valence-corrected chi connectivity index (χ1v) is 7.62. The third kappa shape index (κ3) is 3.90. The maximum atomic E-state index is 12.3. The van der Waals surface area contributed by atoms with E-state index in [4.69, 9.17) is 10.5 Å². The number of benzene rings is 1. The number of fused-ring (bicyclic) bond motifs is 1. The number of amides is 1. The summed E-state index contributed by atoms with van der Waals surface area (Å²) >= 11 is 0. The highest BCUT2D eigenvalue weighted by Crippen LogP contribution is 2.18. The minimum atomic E-state index is -0.736. The van der Waals surface area contributed by atoms with Crippen LogP contribution in [0, 0.1) is 5.92 Å². The number of ether oxygens (including phenoxy) is 1. The molecule has 0 saturated heterocycles. The van der Waals surface area contributed by atoms with Crippen LogP contribution >= 0.6 is 0 Å². The number of carbonyl (C=O) groups excluding carboxylic acids is 2. The van der Waals surface area contributed by atoms with Crippen molar-refractivity contribution in [2.45, 2.75) is 32.4 Å². The first kappa shape index (κ1) is 17.0. The second kappa shape index (κ2) is 7.28. The van der Waals surface area contributed by atoms with Gasteiger partial charge in [0, 0.05) is 17.1 Å². The van der Waals surface area contributed by atoms with E-state index in [1.807, 2.05) is 44.3 Å². The molecule has 2 atom stereocenters. The maximum absolute atomic E-state index is 12.3. The van der Waals surface area contributed by atoms with E-state index < -0.39 is 18.1 Å². The molecule has 0 unspecified atom stereocenters. The van der Waals surface area contributed by atoms with Crippen LogP contribution in [0.15, 0.2) is 30.5 Å². The molecule has 1 amide bonds. The van der Waals surface area contributed by atoms with Crippen LogP contribution in [-0.4, -0.2) is 36.1 Å². The molecule has 0 fully saturated rings. The molecule has 1 heterocycles. The first-order valence-electron chi connectivity index (χ1n) is 7.62. The summed E-state index contributed by atoms with van der Waals surface area (Å²) in [5, 5.41) is 3.72. The average Bonchev–Trinajstić information content (AvgIpc) is 2.94. The van der Waals surface area contributed by atoms with Crippen molar-refractivity contribution < 1.29 is 14.3 Å². The predicted molar refractivity (Wildman–Crippen MR) is 88.8 cm³/mol. The van der Waals surface area contributed by atoms with Gasteiger partial charge in [0.05, 0.1) is 13.2 Å². The van der Waals surface area contributed by atoms with Gasteiger partial charge in [0.1, 0.15) is 6.04 Å². The molecule has 0 aliphatic carbocycles. The van der Waals surface area contributed by atoms with E-state index in [0.717, 1.165) is 16.5 Å². The van der Waals surface area contributed by atoms with Gasteiger partial charge < -0.3 is 20.8 Å². The lowest BCUT2D eigenvalue weighted by atomic mass is 10.0. The Morgan fingerprint density at radius 2 is 2.00 bits per heavy atom. The Kier molecular flexibility index (Phi) is 5.39. The van der Waals surface area contributed by atoms with Crippen LogP contribution in [0.5, 0.6) is 0 Å². The van der Waals surface area contributed by atoms with Gasteiger partial charge in [-0.1, -0.05) is 32.0 Å². The fourth-order valence-electron chi connectivity index (χ4n) is 2.52. The summed E-state index contributed by atoms with van der Waals surface area (Å²) in [6.45, 7) is 3.68. The number of esters is 1. The van der Waals surface area contributed by atoms with Gasteiger partial charge in [0.25, 0.3) is 0 Å². The monoisotopic (exact) mass is 317 g/mol.